The predicted octanol–water partition coefficient (Wildman–Crippen LogP) is 7.15. The number of ether oxygens (including phenoxy) is 2. The smallest absolute Gasteiger partial charge is 0.180 e. The van der Waals surface area contributed by atoms with Gasteiger partial charge in [-0.1, -0.05) is 58.6 Å². The normalized spacial score (nSPS) is 10.6. The van der Waals surface area contributed by atoms with Gasteiger partial charge in [-0.25, -0.2) is 0 Å². The van der Waals surface area contributed by atoms with Gasteiger partial charge >= 0.3 is 0 Å². The number of anilines is 1. The number of hydrogen-bond acceptors (Lipinski definition) is 3. The Kier molecular flexibility index (Phi) is 6.95. The number of benzene rings is 3. The zero-order valence-electron chi connectivity index (χ0n) is 15.6. The van der Waals surface area contributed by atoms with Gasteiger partial charge in [-0.2, -0.15) is 0 Å². The standard InChI is InChI=1S/C22H20Cl3NO2/c1-14-6-8-16(9-7-14)26-12-15-10-20(25)22(21(11-15)27-2)28-13-17-18(23)4-3-5-19(17)24/h3-11,26H,12-13H2,1-2H3. The van der Waals surface area contributed by atoms with Crippen molar-refractivity contribution in [2.45, 2.75) is 20.1 Å². The summed E-state index contributed by atoms with van der Waals surface area (Å²) >= 11 is 18.9. The second-order valence-corrected chi connectivity index (χ2v) is 7.54. The largest absolute Gasteiger partial charge is 0.493 e. The van der Waals surface area contributed by atoms with Gasteiger partial charge in [-0.15, -0.1) is 0 Å². The van der Waals surface area contributed by atoms with E-state index in [0.717, 1.165) is 11.3 Å². The minimum absolute atomic E-state index is 0.190. The molecule has 0 aliphatic rings. The first-order valence-electron chi connectivity index (χ1n) is 8.70. The third-order valence-corrected chi connectivity index (χ3v) is 5.25. The maximum atomic E-state index is 6.46. The van der Waals surface area contributed by atoms with Crippen LogP contribution in [-0.4, -0.2) is 7.11 Å². The molecule has 0 spiro atoms. The fourth-order valence-electron chi connectivity index (χ4n) is 2.71. The Morgan fingerprint density at radius 2 is 1.57 bits per heavy atom. The molecule has 3 aromatic carbocycles. The van der Waals surface area contributed by atoms with Crippen molar-refractivity contribution in [2.75, 3.05) is 12.4 Å². The predicted molar refractivity (Wildman–Crippen MR) is 117 cm³/mol. The molecule has 0 fully saturated rings. The molecule has 146 valence electrons. The Morgan fingerprint density at radius 3 is 2.21 bits per heavy atom. The molecule has 0 aromatic heterocycles. The lowest BCUT2D eigenvalue weighted by Gasteiger charge is -2.16. The summed E-state index contributed by atoms with van der Waals surface area (Å²) in [5.41, 5.74) is 3.93. The van der Waals surface area contributed by atoms with E-state index in [1.807, 2.05) is 24.3 Å². The molecule has 0 saturated heterocycles. The first-order valence-corrected chi connectivity index (χ1v) is 9.84. The van der Waals surface area contributed by atoms with Crippen LogP contribution in [0.1, 0.15) is 16.7 Å². The molecule has 0 radical (unpaired) electrons. The highest BCUT2D eigenvalue weighted by atomic mass is 35.5. The van der Waals surface area contributed by atoms with Crippen LogP contribution in [0, 0.1) is 6.92 Å². The van der Waals surface area contributed by atoms with E-state index < -0.39 is 0 Å². The van der Waals surface area contributed by atoms with E-state index in [9.17, 15) is 0 Å². The Hall–Kier alpha value is -2.07. The lowest BCUT2D eigenvalue weighted by Crippen LogP contribution is -2.03. The molecule has 0 heterocycles. The summed E-state index contributed by atoms with van der Waals surface area (Å²) in [6, 6.07) is 17.3. The molecule has 0 amide bonds. The second kappa shape index (κ2) is 9.42. The van der Waals surface area contributed by atoms with Crippen LogP contribution in [-0.2, 0) is 13.2 Å². The fraction of sp³-hybridized carbons (Fsp3) is 0.182. The average molecular weight is 437 g/mol. The third-order valence-electron chi connectivity index (χ3n) is 4.26. The molecule has 0 atom stereocenters. The van der Waals surface area contributed by atoms with E-state index in [2.05, 4.69) is 24.4 Å². The Labute approximate surface area is 180 Å². The van der Waals surface area contributed by atoms with Gasteiger partial charge in [-0.05, 0) is 48.9 Å². The molecule has 3 rings (SSSR count). The summed E-state index contributed by atoms with van der Waals surface area (Å²) in [6.45, 7) is 2.86. The van der Waals surface area contributed by atoms with E-state index in [-0.39, 0.29) is 6.61 Å². The molecule has 0 aliphatic carbocycles. The number of methoxy groups -OCH3 is 1. The van der Waals surface area contributed by atoms with Gasteiger partial charge < -0.3 is 14.8 Å². The van der Waals surface area contributed by atoms with Crippen molar-refractivity contribution >= 4 is 40.5 Å². The third kappa shape index (κ3) is 5.05. The summed E-state index contributed by atoms with van der Waals surface area (Å²) in [4.78, 5) is 0. The van der Waals surface area contributed by atoms with Gasteiger partial charge in [0.1, 0.15) is 6.61 Å². The lowest BCUT2D eigenvalue weighted by molar-refractivity contribution is 0.284. The van der Waals surface area contributed by atoms with E-state index in [1.54, 1.807) is 25.3 Å². The zero-order valence-corrected chi connectivity index (χ0v) is 17.8. The first kappa shape index (κ1) is 20.7. The minimum atomic E-state index is 0.190. The molecule has 0 unspecified atom stereocenters. The zero-order chi connectivity index (χ0) is 20.1. The summed E-state index contributed by atoms with van der Waals surface area (Å²) < 4.78 is 11.4. The van der Waals surface area contributed by atoms with Crippen molar-refractivity contribution < 1.29 is 9.47 Å². The lowest BCUT2D eigenvalue weighted by atomic mass is 10.1. The van der Waals surface area contributed by atoms with E-state index >= 15 is 0 Å². The van der Waals surface area contributed by atoms with Crippen LogP contribution in [0.3, 0.4) is 0 Å². The van der Waals surface area contributed by atoms with Gasteiger partial charge in [0, 0.05) is 27.8 Å². The number of hydrogen-bond donors (Lipinski definition) is 1. The summed E-state index contributed by atoms with van der Waals surface area (Å²) in [5, 5.41) is 4.92. The molecule has 0 saturated carbocycles. The van der Waals surface area contributed by atoms with Gasteiger partial charge in [0.05, 0.1) is 12.1 Å². The number of rotatable bonds is 7. The van der Waals surface area contributed by atoms with E-state index in [1.165, 1.54) is 5.56 Å². The molecule has 3 nitrogen and oxygen atoms in total. The van der Waals surface area contributed by atoms with E-state index in [4.69, 9.17) is 44.3 Å². The maximum absolute atomic E-state index is 6.46. The molecule has 0 bridgehead atoms. The topological polar surface area (TPSA) is 30.5 Å². The second-order valence-electron chi connectivity index (χ2n) is 6.32. The van der Waals surface area contributed by atoms with Crippen LogP contribution in [0.15, 0.2) is 54.6 Å². The molecule has 0 aliphatic heterocycles. The molecule has 6 heteroatoms. The Balaban J connectivity index is 1.74. The monoisotopic (exact) mass is 435 g/mol. The average Bonchev–Trinajstić information content (AvgIpc) is 2.68. The summed E-state index contributed by atoms with van der Waals surface area (Å²) in [6.07, 6.45) is 0. The fourth-order valence-corrected chi connectivity index (χ4v) is 3.50. The quantitative estimate of drug-likeness (QED) is 0.426. The Bertz CT molecular complexity index is 938. The molecular weight excluding hydrogens is 417 g/mol. The van der Waals surface area contributed by atoms with Gasteiger partial charge in [0.15, 0.2) is 11.5 Å². The van der Waals surface area contributed by atoms with E-state index in [0.29, 0.717) is 38.7 Å². The van der Waals surface area contributed by atoms with Crippen molar-refractivity contribution in [3.8, 4) is 11.5 Å². The van der Waals surface area contributed by atoms with Crippen LogP contribution in [0.5, 0.6) is 11.5 Å². The van der Waals surface area contributed by atoms with Crippen LogP contribution in [0.2, 0.25) is 15.1 Å². The van der Waals surface area contributed by atoms with Crippen molar-refractivity contribution in [3.63, 3.8) is 0 Å². The summed E-state index contributed by atoms with van der Waals surface area (Å²) in [5.74, 6) is 1.01. The molecular formula is C22H20Cl3NO2. The highest BCUT2D eigenvalue weighted by Gasteiger charge is 2.14. The summed E-state index contributed by atoms with van der Waals surface area (Å²) in [7, 11) is 1.58. The molecule has 1 N–H and O–H groups in total. The van der Waals surface area contributed by atoms with Crippen LogP contribution in [0.25, 0.3) is 0 Å². The number of nitrogens with one attached hydrogen (secondary N) is 1. The van der Waals surface area contributed by atoms with Crippen molar-refractivity contribution in [3.05, 3.63) is 86.4 Å². The highest BCUT2D eigenvalue weighted by Crippen LogP contribution is 2.38. The van der Waals surface area contributed by atoms with Crippen molar-refractivity contribution in [1.29, 1.82) is 0 Å². The van der Waals surface area contributed by atoms with Crippen molar-refractivity contribution in [2.24, 2.45) is 0 Å². The SMILES string of the molecule is COc1cc(CNc2ccc(C)cc2)cc(Cl)c1OCc1c(Cl)cccc1Cl. The number of halogens is 3. The Morgan fingerprint density at radius 1 is 0.893 bits per heavy atom. The van der Waals surface area contributed by atoms with Gasteiger partial charge in [0.2, 0.25) is 0 Å². The van der Waals surface area contributed by atoms with Crippen LogP contribution >= 0.6 is 34.8 Å². The molecule has 28 heavy (non-hydrogen) atoms. The number of aryl methyl sites for hydroxylation is 1. The van der Waals surface area contributed by atoms with Crippen molar-refractivity contribution in [1.82, 2.24) is 0 Å². The maximum Gasteiger partial charge on any atom is 0.180 e. The highest BCUT2D eigenvalue weighted by molar-refractivity contribution is 6.36. The van der Waals surface area contributed by atoms with Crippen LogP contribution < -0.4 is 14.8 Å². The van der Waals surface area contributed by atoms with Crippen LogP contribution in [0.4, 0.5) is 5.69 Å². The van der Waals surface area contributed by atoms with Gasteiger partial charge in [0.25, 0.3) is 0 Å². The minimum Gasteiger partial charge on any atom is -0.493 e. The molecule has 3 aromatic rings. The van der Waals surface area contributed by atoms with Gasteiger partial charge in [-0.3, -0.25) is 0 Å². The first-order chi connectivity index (χ1) is 13.5.